The van der Waals surface area contributed by atoms with Crippen molar-refractivity contribution in [1.29, 1.82) is 0 Å². The standard InChI is InChI=1S/C8H11ClN4O2/c1-11-4-5(10-7(11)9)12(2)8(15)13(3)6(4)14/h4-5H,1-3H3. The number of urea groups is 1. The van der Waals surface area contributed by atoms with Gasteiger partial charge < -0.3 is 9.80 Å². The van der Waals surface area contributed by atoms with Crippen LogP contribution in [0.4, 0.5) is 4.79 Å². The molecule has 0 aromatic rings. The Bertz CT molecular complexity index is 370. The summed E-state index contributed by atoms with van der Waals surface area (Å²) < 4.78 is 0. The number of rotatable bonds is 0. The summed E-state index contributed by atoms with van der Waals surface area (Å²) in [5, 5.41) is 0.258. The van der Waals surface area contributed by atoms with Crippen molar-refractivity contribution in [2.24, 2.45) is 4.99 Å². The summed E-state index contributed by atoms with van der Waals surface area (Å²) in [5.41, 5.74) is 0. The fraction of sp³-hybridized carbons (Fsp3) is 0.625. The second-order valence-electron chi connectivity index (χ2n) is 3.66. The van der Waals surface area contributed by atoms with Crippen LogP contribution < -0.4 is 0 Å². The summed E-state index contributed by atoms with van der Waals surface area (Å²) in [6.07, 6.45) is -0.501. The number of fused-ring (bicyclic) bond motifs is 1. The normalized spacial score (nSPS) is 30.9. The molecule has 82 valence electrons. The van der Waals surface area contributed by atoms with Gasteiger partial charge in [-0.3, -0.25) is 9.69 Å². The molecule has 1 fully saturated rings. The van der Waals surface area contributed by atoms with Crippen LogP contribution in [0.5, 0.6) is 0 Å². The van der Waals surface area contributed by atoms with Crippen molar-refractivity contribution < 1.29 is 9.59 Å². The molecule has 1 saturated heterocycles. The van der Waals surface area contributed by atoms with Crippen LogP contribution in [0.3, 0.4) is 0 Å². The minimum Gasteiger partial charge on any atom is -0.335 e. The quantitative estimate of drug-likeness (QED) is 0.539. The Morgan fingerprint density at radius 3 is 2.40 bits per heavy atom. The van der Waals surface area contributed by atoms with E-state index in [0.717, 1.165) is 4.90 Å². The van der Waals surface area contributed by atoms with E-state index in [2.05, 4.69) is 4.99 Å². The Kier molecular flexibility index (Phi) is 2.11. The van der Waals surface area contributed by atoms with Crippen molar-refractivity contribution in [3.05, 3.63) is 0 Å². The zero-order chi connectivity index (χ0) is 11.3. The Balaban J connectivity index is 2.39. The third kappa shape index (κ3) is 1.21. The fourth-order valence-electron chi connectivity index (χ4n) is 1.82. The smallest absolute Gasteiger partial charge is 0.328 e. The van der Waals surface area contributed by atoms with Gasteiger partial charge in [0.15, 0.2) is 17.5 Å². The maximum Gasteiger partial charge on any atom is 0.328 e. The summed E-state index contributed by atoms with van der Waals surface area (Å²) in [6, 6.07) is -0.852. The number of amidine groups is 1. The molecule has 3 amide bonds. The predicted molar refractivity (Wildman–Crippen MR) is 54.6 cm³/mol. The van der Waals surface area contributed by atoms with Gasteiger partial charge in [0.2, 0.25) is 0 Å². The molecule has 2 aliphatic heterocycles. The summed E-state index contributed by atoms with van der Waals surface area (Å²) in [4.78, 5) is 31.6. The molecule has 0 aliphatic carbocycles. The van der Waals surface area contributed by atoms with Crippen molar-refractivity contribution in [3.63, 3.8) is 0 Å². The third-order valence-corrected chi connectivity index (χ3v) is 3.16. The van der Waals surface area contributed by atoms with Crippen LogP contribution in [0.1, 0.15) is 0 Å². The Morgan fingerprint density at radius 1 is 1.20 bits per heavy atom. The topological polar surface area (TPSA) is 56.2 Å². The van der Waals surface area contributed by atoms with Crippen LogP contribution in [0.15, 0.2) is 4.99 Å². The van der Waals surface area contributed by atoms with Gasteiger partial charge >= 0.3 is 6.03 Å². The van der Waals surface area contributed by atoms with E-state index in [1.165, 1.54) is 11.9 Å². The number of likely N-dealkylation sites (N-methyl/N-ethyl adjacent to an activating group) is 3. The van der Waals surface area contributed by atoms with Crippen LogP contribution in [-0.2, 0) is 4.79 Å². The number of hydrogen-bond donors (Lipinski definition) is 0. The van der Waals surface area contributed by atoms with Gasteiger partial charge in [0.25, 0.3) is 5.91 Å². The van der Waals surface area contributed by atoms with Gasteiger partial charge in [0, 0.05) is 21.1 Å². The van der Waals surface area contributed by atoms with Crippen LogP contribution >= 0.6 is 11.6 Å². The second kappa shape index (κ2) is 3.10. The number of carbonyl (C=O) groups is 2. The largest absolute Gasteiger partial charge is 0.335 e. The Morgan fingerprint density at radius 2 is 1.80 bits per heavy atom. The summed E-state index contributed by atoms with van der Waals surface area (Å²) in [7, 11) is 4.75. The molecule has 0 saturated carbocycles. The first-order valence-corrected chi connectivity index (χ1v) is 4.83. The van der Waals surface area contributed by atoms with Gasteiger partial charge in [-0.25, -0.2) is 9.79 Å². The van der Waals surface area contributed by atoms with E-state index in [9.17, 15) is 9.59 Å². The molecule has 0 radical (unpaired) electrons. The molecule has 15 heavy (non-hydrogen) atoms. The zero-order valence-corrected chi connectivity index (χ0v) is 9.39. The number of imide groups is 1. The van der Waals surface area contributed by atoms with Gasteiger partial charge in [0.05, 0.1) is 0 Å². The van der Waals surface area contributed by atoms with E-state index in [1.807, 2.05) is 0 Å². The van der Waals surface area contributed by atoms with Gasteiger partial charge in [-0.2, -0.15) is 0 Å². The van der Waals surface area contributed by atoms with Crippen LogP contribution in [0.2, 0.25) is 0 Å². The number of carbonyl (C=O) groups excluding carboxylic acids is 2. The molecule has 2 atom stereocenters. The Hall–Kier alpha value is -1.30. The lowest BCUT2D eigenvalue weighted by atomic mass is 10.1. The van der Waals surface area contributed by atoms with Crippen molar-refractivity contribution in [2.45, 2.75) is 12.2 Å². The van der Waals surface area contributed by atoms with E-state index in [4.69, 9.17) is 11.6 Å². The molecule has 7 heteroatoms. The lowest BCUT2D eigenvalue weighted by Crippen LogP contribution is -2.63. The summed E-state index contributed by atoms with van der Waals surface area (Å²) in [5.74, 6) is -0.273. The molecule has 0 spiro atoms. The monoisotopic (exact) mass is 230 g/mol. The first kappa shape index (κ1) is 10.2. The lowest BCUT2D eigenvalue weighted by molar-refractivity contribution is -0.135. The first-order valence-electron chi connectivity index (χ1n) is 4.45. The molecule has 2 unspecified atom stereocenters. The van der Waals surface area contributed by atoms with Gasteiger partial charge in [-0.15, -0.1) is 0 Å². The molecular weight excluding hydrogens is 220 g/mol. The number of nitrogens with zero attached hydrogens (tertiary/aromatic N) is 4. The van der Waals surface area contributed by atoms with E-state index in [-0.39, 0.29) is 17.2 Å². The minimum atomic E-state index is -0.501. The highest BCUT2D eigenvalue weighted by atomic mass is 35.5. The van der Waals surface area contributed by atoms with E-state index in [0.29, 0.717) is 0 Å². The average Bonchev–Trinajstić information content (AvgIpc) is 2.50. The molecule has 2 rings (SSSR count). The van der Waals surface area contributed by atoms with Crippen molar-refractivity contribution in [3.8, 4) is 0 Å². The minimum absolute atomic E-state index is 0.258. The number of amides is 3. The molecule has 0 bridgehead atoms. The van der Waals surface area contributed by atoms with Gasteiger partial charge in [0.1, 0.15) is 0 Å². The van der Waals surface area contributed by atoms with Gasteiger partial charge in [-0.1, -0.05) is 0 Å². The SMILES string of the molecule is CN1C(=O)C2C(N=C(Cl)N2C)N(C)C1=O. The Labute approximate surface area is 92.1 Å². The van der Waals surface area contributed by atoms with Crippen molar-refractivity contribution in [1.82, 2.24) is 14.7 Å². The van der Waals surface area contributed by atoms with E-state index >= 15 is 0 Å². The number of hydrogen-bond acceptors (Lipinski definition) is 4. The lowest BCUT2D eigenvalue weighted by Gasteiger charge is -2.38. The molecule has 0 N–H and O–H groups in total. The number of halogens is 1. The maximum absolute atomic E-state index is 11.8. The number of aliphatic imine (C=N–C) groups is 1. The van der Waals surface area contributed by atoms with Gasteiger partial charge in [-0.05, 0) is 11.6 Å². The third-order valence-electron chi connectivity index (χ3n) is 2.80. The zero-order valence-electron chi connectivity index (χ0n) is 8.64. The van der Waals surface area contributed by atoms with E-state index < -0.39 is 12.2 Å². The molecule has 2 aliphatic rings. The first-order chi connectivity index (χ1) is 6.95. The molecule has 2 heterocycles. The highest BCUT2D eigenvalue weighted by molar-refractivity contribution is 6.65. The second-order valence-corrected chi connectivity index (χ2v) is 4.00. The highest BCUT2D eigenvalue weighted by Crippen LogP contribution is 2.26. The van der Waals surface area contributed by atoms with Crippen molar-refractivity contribution >= 4 is 28.8 Å². The highest BCUT2D eigenvalue weighted by Gasteiger charge is 2.49. The van der Waals surface area contributed by atoms with E-state index in [1.54, 1.807) is 19.0 Å². The molecule has 6 nitrogen and oxygen atoms in total. The fourth-order valence-corrected chi connectivity index (χ4v) is 2.02. The molecule has 0 aromatic carbocycles. The van der Waals surface area contributed by atoms with Crippen molar-refractivity contribution in [2.75, 3.05) is 21.1 Å². The predicted octanol–water partition coefficient (Wildman–Crippen LogP) is -0.255. The van der Waals surface area contributed by atoms with Crippen LogP contribution in [0.25, 0.3) is 0 Å². The van der Waals surface area contributed by atoms with Crippen LogP contribution in [0, 0.1) is 0 Å². The molecular formula is C8H11ClN4O2. The summed E-state index contributed by atoms with van der Waals surface area (Å²) in [6.45, 7) is 0. The maximum atomic E-state index is 11.8. The molecule has 0 aromatic heterocycles. The summed E-state index contributed by atoms with van der Waals surface area (Å²) >= 11 is 5.83. The van der Waals surface area contributed by atoms with Crippen LogP contribution in [-0.4, -0.2) is 65.3 Å². The average molecular weight is 231 g/mol.